The van der Waals surface area contributed by atoms with E-state index >= 15 is 0 Å². The van der Waals surface area contributed by atoms with E-state index in [0.29, 0.717) is 17.7 Å². The lowest BCUT2D eigenvalue weighted by Gasteiger charge is -2.21. The Kier molecular flexibility index (Phi) is 3.62. The van der Waals surface area contributed by atoms with E-state index < -0.39 is 10.0 Å². The van der Waals surface area contributed by atoms with E-state index in [1.165, 1.54) is 0 Å². The number of hydrogen-bond acceptors (Lipinski definition) is 4. The minimum Gasteiger partial charge on any atom is -0.507 e. The van der Waals surface area contributed by atoms with Crippen molar-refractivity contribution in [1.82, 2.24) is 4.41 Å². The molecule has 1 atom stereocenters. The van der Waals surface area contributed by atoms with Crippen molar-refractivity contribution in [2.75, 3.05) is 6.26 Å². The van der Waals surface area contributed by atoms with Crippen LogP contribution in [-0.4, -0.2) is 29.9 Å². The van der Waals surface area contributed by atoms with E-state index in [0.717, 1.165) is 16.2 Å². The molecule has 1 N–H and O–H groups in total. The molecule has 2 aromatic carbocycles. The molecule has 2 aromatic rings. The summed E-state index contributed by atoms with van der Waals surface area (Å²) < 4.78 is 25.2. The summed E-state index contributed by atoms with van der Waals surface area (Å²) in [5.41, 5.74) is 2.01. The lowest BCUT2D eigenvalue weighted by Crippen LogP contribution is -2.25. The first-order valence-corrected chi connectivity index (χ1v) is 8.72. The third kappa shape index (κ3) is 2.69. The summed E-state index contributed by atoms with van der Waals surface area (Å²) in [7, 11) is -3.49. The predicted octanol–water partition coefficient (Wildman–Crippen LogP) is 2.50. The van der Waals surface area contributed by atoms with Gasteiger partial charge >= 0.3 is 0 Å². The van der Waals surface area contributed by atoms with Crippen LogP contribution in [0, 0.1) is 0 Å². The molecule has 0 fully saturated rings. The molecule has 5 nitrogen and oxygen atoms in total. The van der Waals surface area contributed by atoms with Crippen LogP contribution in [0.5, 0.6) is 5.75 Å². The molecule has 0 saturated heterocycles. The number of sulfonamides is 1. The van der Waals surface area contributed by atoms with Gasteiger partial charge in [0, 0.05) is 12.0 Å². The quantitative estimate of drug-likeness (QED) is 0.946. The molecule has 0 bridgehead atoms. The van der Waals surface area contributed by atoms with Crippen molar-refractivity contribution >= 4 is 15.7 Å². The van der Waals surface area contributed by atoms with Crippen LogP contribution < -0.4 is 0 Å². The topological polar surface area (TPSA) is 70.0 Å². The van der Waals surface area contributed by atoms with Gasteiger partial charge in [-0.3, -0.25) is 0 Å². The molecule has 1 aliphatic heterocycles. The number of phenolic OH excluding ortho intramolecular Hbond substituents is 1. The van der Waals surface area contributed by atoms with Crippen molar-refractivity contribution in [2.24, 2.45) is 5.10 Å². The molecule has 22 heavy (non-hydrogen) atoms. The smallest absolute Gasteiger partial charge is 0.247 e. The second-order valence-corrected chi connectivity index (χ2v) is 7.07. The molecule has 3 rings (SSSR count). The Hall–Kier alpha value is -2.34. The van der Waals surface area contributed by atoms with Crippen LogP contribution in [0.25, 0.3) is 0 Å². The third-order valence-electron chi connectivity index (χ3n) is 3.61. The Morgan fingerprint density at radius 3 is 2.36 bits per heavy atom. The molecule has 6 heteroatoms. The number of benzene rings is 2. The Bertz CT molecular complexity index is 816. The fourth-order valence-electron chi connectivity index (χ4n) is 2.60. The van der Waals surface area contributed by atoms with E-state index in [1.807, 2.05) is 30.3 Å². The summed E-state index contributed by atoms with van der Waals surface area (Å²) in [6, 6.07) is 15.8. The summed E-state index contributed by atoms with van der Waals surface area (Å²) in [4.78, 5) is 0. The highest BCUT2D eigenvalue weighted by Crippen LogP contribution is 2.35. The second kappa shape index (κ2) is 5.46. The number of hydrogen-bond donors (Lipinski definition) is 1. The van der Waals surface area contributed by atoms with Crippen LogP contribution in [-0.2, 0) is 10.0 Å². The second-order valence-electron chi connectivity index (χ2n) is 5.23. The summed E-state index contributed by atoms with van der Waals surface area (Å²) in [5, 5.41) is 14.2. The number of para-hydroxylation sites is 1. The molecule has 0 saturated carbocycles. The highest BCUT2D eigenvalue weighted by Gasteiger charge is 2.34. The maximum Gasteiger partial charge on any atom is 0.247 e. The van der Waals surface area contributed by atoms with Crippen molar-refractivity contribution in [3.05, 3.63) is 65.7 Å². The van der Waals surface area contributed by atoms with Crippen LogP contribution in [0.2, 0.25) is 0 Å². The maximum absolute atomic E-state index is 12.0. The van der Waals surface area contributed by atoms with Crippen molar-refractivity contribution in [1.29, 1.82) is 0 Å². The van der Waals surface area contributed by atoms with E-state index in [9.17, 15) is 13.5 Å². The van der Waals surface area contributed by atoms with E-state index in [-0.39, 0.29) is 11.8 Å². The highest BCUT2D eigenvalue weighted by molar-refractivity contribution is 7.88. The van der Waals surface area contributed by atoms with Gasteiger partial charge in [0.25, 0.3) is 0 Å². The summed E-state index contributed by atoms with van der Waals surface area (Å²) >= 11 is 0. The summed E-state index contributed by atoms with van der Waals surface area (Å²) in [6.45, 7) is 0. The molecular weight excluding hydrogens is 300 g/mol. The van der Waals surface area contributed by atoms with Gasteiger partial charge < -0.3 is 5.11 Å². The first kappa shape index (κ1) is 14.6. The number of phenols is 1. The van der Waals surface area contributed by atoms with Crippen LogP contribution in [0.4, 0.5) is 0 Å². The molecule has 0 spiro atoms. The van der Waals surface area contributed by atoms with Gasteiger partial charge in [0.05, 0.1) is 18.0 Å². The Morgan fingerprint density at radius 2 is 1.73 bits per heavy atom. The number of nitrogens with zero attached hydrogens (tertiary/aromatic N) is 2. The normalized spacial score (nSPS) is 18.3. The van der Waals surface area contributed by atoms with Crippen LogP contribution >= 0.6 is 0 Å². The number of rotatable bonds is 3. The van der Waals surface area contributed by atoms with Gasteiger partial charge in [-0.1, -0.05) is 42.5 Å². The Balaban J connectivity index is 2.04. The third-order valence-corrected chi connectivity index (χ3v) is 4.63. The first-order chi connectivity index (χ1) is 10.5. The zero-order valence-corrected chi connectivity index (χ0v) is 12.9. The largest absolute Gasteiger partial charge is 0.507 e. The van der Waals surface area contributed by atoms with E-state index in [2.05, 4.69) is 5.10 Å². The van der Waals surface area contributed by atoms with Gasteiger partial charge in [-0.15, -0.1) is 0 Å². The zero-order valence-electron chi connectivity index (χ0n) is 12.0. The van der Waals surface area contributed by atoms with Crippen molar-refractivity contribution in [2.45, 2.75) is 12.5 Å². The molecule has 0 aliphatic carbocycles. The standard InChI is InChI=1S/C16H16N2O3S/c1-22(20,21)18-15(12-7-3-2-4-8-12)11-14(17-18)13-9-5-6-10-16(13)19/h2-10,15,19H,11H2,1H3/t15-/m0/s1. The van der Waals surface area contributed by atoms with Crippen LogP contribution in [0.3, 0.4) is 0 Å². The lowest BCUT2D eigenvalue weighted by molar-refractivity contribution is 0.375. The average Bonchev–Trinajstić information content (AvgIpc) is 2.94. The molecule has 0 radical (unpaired) electrons. The fraction of sp³-hybridized carbons (Fsp3) is 0.188. The molecule has 114 valence electrons. The van der Waals surface area contributed by atoms with Gasteiger partial charge in [0.2, 0.25) is 10.0 Å². The number of aromatic hydroxyl groups is 1. The molecule has 1 heterocycles. The molecule has 0 aromatic heterocycles. The van der Waals surface area contributed by atoms with Crippen LogP contribution in [0.15, 0.2) is 59.7 Å². The maximum atomic E-state index is 12.0. The monoisotopic (exact) mass is 316 g/mol. The van der Waals surface area contributed by atoms with E-state index in [1.54, 1.807) is 24.3 Å². The van der Waals surface area contributed by atoms with Gasteiger partial charge in [-0.25, -0.2) is 8.42 Å². The first-order valence-electron chi connectivity index (χ1n) is 6.87. The van der Waals surface area contributed by atoms with Crippen molar-refractivity contribution in [3.63, 3.8) is 0 Å². The van der Waals surface area contributed by atoms with Crippen molar-refractivity contribution in [3.8, 4) is 5.75 Å². The Labute approximate surface area is 129 Å². The molecule has 1 aliphatic rings. The van der Waals surface area contributed by atoms with E-state index in [4.69, 9.17) is 0 Å². The zero-order chi connectivity index (χ0) is 15.7. The van der Waals surface area contributed by atoms with Crippen molar-refractivity contribution < 1.29 is 13.5 Å². The molecular formula is C16H16N2O3S. The minimum absolute atomic E-state index is 0.100. The summed E-state index contributed by atoms with van der Waals surface area (Å²) in [6.07, 6.45) is 1.56. The Morgan fingerprint density at radius 1 is 1.09 bits per heavy atom. The fourth-order valence-corrected chi connectivity index (χ4v) is 3.50. The summed E-state index contributed by atoms with van der Waals surface area (Å²) in [5.74, 6) is 0.100. The SMILES string of the molecule is CS(=O)(=O)N1N=C(c2ccccc2O)C[C@H]1c1ccccc1. The number of hydrazone groups is 1. The predicted molar refractivity (Wildman–Crippen MR) is 85.1 cm³/mol. The van der Waals surface area contributed by atoms with Gasteiger partial charge in [0.15, 0.2) is 0 Å². The lowest BCUT2D eigenvalue weighted by atomic mass is 9.99. The minimum atomic E-state index is -3.49. The van der Waals surface area contributed by atoms with Gasteiger partial charge in [-0.05, 0) is 17.7 Å². The average molecular weight is 316 g/mol. The van der Waals surface area contributed by atoms with Gasteiger partial charge in [-0.2, -0.15) is 9.52 Å². The highest BCUT2D eigenvalue weighted by atomic mass is 32.2. The van der Waals surface area contributed by atoms with Crippen LogP contribution in [0.1, 0.15) is 23.6 Å². The van der Waals surface area contributed by atoms with Gasteiger partial charge in [0.1, 0.15) is 5.75 Å². The molecule has 0 unspecified atom stereocenters. The molecule has 0 amide bonds.